The van der Waals surface area contributed by atoms with E-state index in [1.165, 1.54) is 6.33 Å². The highest BCUT2D eigenvalue weighted by Crippen LogP contribution is 2.27. The largest absolute Gasteiger partial charge is 0.393 e. The summed E-state index contributed by atoms with van der Waals surface area (Å²) in [6, 6.07) is 15.8. The molecule has 0 bridgehead atoms. The number of hydrogen-bond acceptors (Lipinski definition) is 6. The molecule has 2 heterocycles. The van der Waals surface area contributed by atoms with Gasteiger partial charge >= 0.3 is 0 Å². The van der Waals surface area contributed by atoms with Crippen LogP contribution >= 0.6 is 0 Å². The van der Waals surface area contributed by atoms with Crippen LogP contribution in [-0.2, 0) is 0 Å². The molecule has 1 aromatic carbocycles. The van der Waals surface area contributed by atoms with Gasteiger partial charge in [-0.15, -0.1) is 0 Å². The minimum Gasteiger partial charge on any atom is -0.393 e. The van der Waals surface area contributed by atoms with E-state index < -0.39 is 0 Å². The minimum atomic E-state index is 0.0797. The fourth-order valence-electron chi connectivity index (χ4n) is 2.20. The number of nitrogen functional groups attached to an aromatic ring is 1. The average molecular weight is 306 g/mol. The summed E-state index contributed by atoms with van der Waals surface area (Å²) in [7, 11) is 0. The van der Waals surface area contributed by atoms with Crippen LogP contribution in [0.2, 0.25) is 0 Å². The van der Waals surface area contributed by atoms with E-state index in [0.717, 1.165) is 5.56 Å². The van der Waals surface area contributed by atoms with Crippen LogP contribution in [0, 0.1) is 0 Å². The van der Waals surface area contributed by atoms with E-state index in [4.69, 9.17) is 5.73 Å². The van der Waals surface area contributed by atoms with Crippen molar-refractivity contribution in [2.75, 3.05) is 16.4 Å². The van der Waals surface area contributed by atoms with Gasteiger partial charge in [0.1, 0.15) is 17.8 Å². The van der Waals surface area contributed by atoms with Gasteiger partial charge in [0.25, 0.3) is 0 Å². The molecule has 6 heteroatoms. The zero-order valence-corrected chi connectivity index (χ0v) is 12.8. The van der Waals surface area contributed by atoms with Crippen LogP contribution in [0.5, 0.6) is 0 Å². The van der Waals surface area contributed by atoms with Crippen molar-refractivity contribution in [1.29, 1.82) is 0 Å². The quantitative estimate of drug-likeness (QED) is 0.669. The molecule has 3 rings (SSSR count). The van der Waals surface area contributed by atoms with Crippen LogP contribution in [0.15, 0.2) is 61.1 Å². The van der Waals surface area contributed by atoms with Crippen LogP contribution in [0.3, 0.4) is 0 Å². The van der Waals surface area contributed by atoms with Gasteiger partial charge in [0.05, 0.1) is 6.04 Å². The lowest BCUT2D eigenvalue weighted by atomic mass is 10.1. The highest BCUT2D eigenvalue weighted by atomic mass is 15.1. The van der Waals surface area contributed by atoms with E-state index in [1.807, 2.05) is 36.4 Å². The van der Waals surface area contributed by atoms with Crippen LogP contribution in [0.25, 0.3) is 0 Å². The maximum Gasteiger partial charge on any atom is 0.160 e. The summed E-state index contributed by atoms with van der Waals surface area (Å²) >= 11 is 0. The molecule has 4 N–H and O–H groups in total. The Balaban J connectivity index is 1.80. The van der Waals surface area contributed by atoms with E-state index in [9.17, 15) is 0 Å². The molecule has 1 unspecified atom stereocenters. The van der Waals surface area contributed by atoms with Crippen LogP contribution < -0.4 is 16.4 Å². The number of pyridine rings is 1. The van der Waals surface area contributed by atoms with Crippen molar-refractivity contribution < 1.29 is 0 Å². The molecule has 23 heavy (non-hydrogen) atoms. The van der Waals surface area contributed by atoms with Crippen LogP contribution in [-0.4, -0.2) is 15.0 Å². The first-order valence-corrected chi connectivity index (χ1v) is 7.34. The molecule has 0 amide bonds. The summed E-state index contributed by atoms with van der Waals surface area (Å²) in [6.45, 7) is 2.06. The molecule has 0 saturated carbocycles. The SMILES string of the molecule is CC(Nc1ncnc(Nc2ccccn2)c1N)c1ccccc1. The first kappa shape index (κ1) is 14.8. The normalized spacial score (nSPS) is 11.7. The van der Waals surface area contributed by atoms with Gasteiger partial charge in [0.2, 0.25) is 0 Å². The Bertz CT molecular complexity index is 761. The molecule has 6 nitrogen and oxygen atoms in total. The van der Waals surface area contributed by atoms with E-state index in [-0.39, 0.29) is 6.04 Å². The Hall–Kier alpha value is -3.15. The first-order valence-electron chi connectivity index (χ1n) is 7.34. The zero-order chi connectivity index (χ0) is 16.1. The number of benzene rings is 1. The van der Waals surface area contributed by atoms with Gasteiger partial charge in [-0.25, -0.2) is 15.0 Å². The van der Waals surface area contributed by atoms with Gasteiger partial charge in [-0.05, 0) is 24.6 Å². The number of aromatic nitrogens is 3. The number of rotatable bonds is 5. The molecule has 0 aliphatic heterocycles. The Morgan fingerprint density at radius 3 is 2.39 bits per heavy atom. The molecule has 1 atom stereocenters. The lowest BCUT2D eigenvalue weighted by Gasteiger charge is -2.17. The summed E-state index contributed by atoms with van der Waals surface area (Å²) in [5.41, 5.74) is 7.80. The van der Waals surface area contributed by atoms with Crippen LogP contribution in [0.4, 0.5) is 23.1 Å². The number of hydrogen-bond donors (Lipinski definition) is 3. The zero-order valence-electron chi connectivity index (χ0n) is 12.8. The van der Waals surface area contributed by atoms with Gasteiger partial charge in [0, 0.05) is 6.20 Å². The van der Waals surface area contributed by atoms with Crippen molar-refractivity contribution in [2.24, 2.45) is 0 Å². The standard InChI is InChI=1S/C17H18N6/c1-12(13-7-3-2-4-8-13)22-16-15(18)17(21-11-20-16)23-14-9-5-6-10-19-14/h2-12H,18H2,1H3,(H2,19,20,21,22,23). The minimum absolute atomic E-state index is 0.0797. The molecular formula is C17H18N6. The fraction of sp³-hybridized carbons (Fsp3) is 0.118. The summed E-state index contributed by atoms with van der Waals surface area (Å²) in [5.74, 6) is 1.80. The average Bonchev–Trinajstić information content (AvgIpc) is 2.60. The lowest BCUT2D eigenvalue weighted by Crippen LogP contribution is -2.11. The summed E-state index contributed by atoms with van der Waals surface area (Å²) < 4.78 is 0. The second-order valence-electron chi connectivity index (χ2n) is 5.10. The molecule has 0 aliphatic rings. The second-order valence-corrected chi connectivity index (χ2v) is 5.10. The Labute approximate surface area is 134 Å². The van der Waals surface area contributed by atoms with Gasteiger partial charge < -0.3 is 16.4 Å². The Morgan fingerprint density at radius 1 is 0.913 bits per heavy atom. The molecule has 0 spiro atoms. The predicted octanol–water partition coefficient (Wildman–Crippen LogP) is 3.37. The summed E-state index contributed by atoms with van der Waals surface area (Å²) in [5, 5.41) is 6.41. The highest BCUT2D eigenvalue weighted by molar-refractivity contribution is 5.77. The summed E-state index contributed by atoms with van der Waals surface area (Å²) in [4.78, 5) is 12.6. The smallest absolute Gasteiger partial charge is 0.160 e. The Kier molecular flexibility index (Phi) is 4.33. The van der Waals surface area contributed by atoms with Gasteiger partial charge in [-0.1, -0.05) is 36.4 Å². The van der Waals surface area contributed by atoms with Crippen molar-refractivity contribution in [3.05, 3.63) is 66.6 Å². The molecule has 0 saturated heterocycles. The topological polar surface area (TPSA) is 88.8 Å². The third-order valence-corrected chi connectivity index (χ3v) is 3.45. The summed E-state index contributed by atoms with van der Waals surface area (Å²) in [6.07, 6.45) is 3.18. The van der Waals surface area contributed by atoms with E-state index in [0.29, 0.717) is 23.1 Å². The highest BCUT2D eigenvalue weighted by Gasteiger charge is 2.12. The van der Waals surface area contributed by atoms with E-state index in [1.54, 1.807) is 6.20 Å². The maximum absolute atomic E-state index is 6.18. The molecular weight excluding hydrogens is 288 g/mol. The lowest BCUT2D eigenvalue weighted by molar-refractivity contribution is 0.873. The molecule has 0 fully saturated rings. The van der Waals surface area contributed by atoms with Crippen molar-refractivity contribution >= 4 is 23.1 Å². The Morgan fingerprint density at radius 2 is 1.65 bits per heavy atom. The van der Waals surface area contributed by atoms with E-state index in [2.05, 4.69) is 44.6 Å². The number of nitrogens with two attached hydrogens (primary N) is 1. The monoisotopic (exact) mass is 306 g/mol. The van der Waals surface area contributed by atoms with Crippen molar-refractivity contribution in [1.82, 2.24) is 15.0 Å². The molecule has 3 aromatic rings. The second kappa shape index (κ2) is 6.74. The van der Waals surface area contributed by atoms with Crippen molar-refractivity contribution in [2.45, 2.75) is 13.0 Å². The fourth-order valence-corrected chi connectivity index (χ4v) is 2.20. The van der Waals surface area contributed by atoms with Gasteiger partial charge in [-0.2, -0.15) is 0 Å². The van der Waals surface area contributed by atoms with E-state index >= 15 is 0 Å². The molecule has 0 radical (unpaired) electrons. The molecule has 116 valence electrons. The van der Waals surface area contributed by atoms with Crippen molar-refractivity contribution in [3.8, 4) is 0 Å². The van der Waals surface area contributed by atoms with Gasteiger partial charge in [-0.3, -0.25) is 0 Å². The van der Waals surface area contributed by atoms with Crippen LogP contribution in [0.1, 0.15) is 18.5 Å². The first-order chi connectivity index (χ1) is 11.2. The third-order valence-electron chi connectivity index (χ3n) is 3.45. The maximum atomic E-state index is 6.18. The number of anilines is 4. The molecule has 2 aromatic heterocycles. The van der Waals surface area contributed by atoms with Gasteiger partial charge in [0.15, 0.2) is 11.6 Å². The number of nitrogens with one attached hydrogen (secondary N) is 2. The third kappa shape index (κ3) is 3.55. The molecule has 0 aliphatic carbocycles. The number of nitrogens with zero attached hydrogens (tertiary/aromatic N) is 3. The van der Waals surface area contributed by atoms with Crippen molar-refractivity contribution in [3.63, 3.8) is 0 Å². The predicted molar refractivity (Wildman–Crippen MR) is 92.4 cm³/mol.